The van der Waals surface area contributed by atoms with E-state index in [0.29, 0.717) is 29.0 Å². The molecule has 0 aliphatic rings. The van der Waals surface area contributed by atoms with Crippen molar-refractivity contribution in [3.8, 4) is 5.75 Å². The van der Waals surface area contributed by atoms with E-state index < -0.39 is 22.0 Å². The number of aliphatic carboxylic acids is 1. The van der Waals surface area contributed by atoms with Gasteiger partial charge in [0, 0.05) is 23.4 Å². The van der Waals surface area contributed by atoms with Gasteiger partial charge in [0.05, 0.1) is 18.3 Å². The van der Waals surface area contributed by atoms with Crippen molar-refractivity contribution in [2.45, 2.75) is 19.4 Å². The van der Waals surface area contributed by atoms with Crippen LogP contribution in [0.2, 0.25) is 0 Å². The predicted octanol–water partition coefficient (Wildman–Crippen LogP) is 0.786. The van der Waals surface area contributed by atoms with Crippen molar-refractivity contribution >= 4 is 39.9 Å². The second-order valence-corrected chi connectivity index (χ2v) is 8.46. The Morgan fingerprint density at radius 2 is 1.87 bits per heavy atom. The first-order chi connectivity index (χ1) is 14.1. The Balaban J connectivity index is 0.00000480. The van der Waals surface area contributed by atoms with Crippen LogP contribution in [0.3, 0.4) is 0 Å². The van der Waals surface area contributed by atoms with Gasteiger partial charge in [-0.3, -0.25) is 5.41 Å². The van der Waals surface area contributed by atoms with E-state index in [1.807, 2.05) is 13.0 Å². The summed E-state index contributed by atoms with van der Waals surface area (Å²) in [7, 11) is -3.35. The minimum absolute atomic E-state index is 0. The van der Waals surface area contributed by atoms with Crippen molar-refractivity contribution < 1.29 is 23.1 Å². The Labute approximate surface area is 188 Å². The molecule has 0 aliphatic carbocycles. The lowest BCUT2D eigenvalue weighted by molar-refractivity contribution is -0.307. The van der Waals surface area contributed by atoms with E-state index in [9.17, 15) is 18.3 Å². The van der Waals surface area contributed by atoms with Crippen molar-refractivity contribution in [1.29, 1.82) is 5.41 Å². The van der Waals surface area contributed by atoms with E-state index in [1.165, 1.54) is 0 Å². The second-order valence-electron chi connectivity index (χ2n) is 6.63. The Bertz CT molecular complexity index is 1010. The van der Waals surface area contributed by atoms with Gasteiger partial charge in [0.1, 0.15) is 18.2 Å². The van der Waals surface area contributed by atoms with Gasteiger partial charge in [-0.05, 0) is 48.4 Å². The number of benzene rings is 2. The monoisotopic (exact) mass is 469 g/mol. The predicted molar refractivity (Wildman–Crippen MR) is 120 cm³/mol. The van der Waals surface area contributed by atoms with Gasteiger partial charge in [-0.1, -0.05) is 13.0 Å². The molecule has 11 heteroatoms. The molecule has 0 amide bonds. The largest absolute Gasteiger partial charge is 0.548 e. The molecule has 0 aromatic heterocycles. The molecule has 0 saturated heterocycles. The number of aryl methyl sites for hydroxylation is 1. The van der Waals surface area contributed by atoms with E-state index >= 15 is 0 Å². The van der Waals surface area contributed by atoms with Crippen LogP contribution in [0.15, 0.2) is 42.5 Å². The third kappa shape index (κ3) is 8.08. The van der Waals surface area contributed by atoms with Crippen LogP contribution in [0.5, 0.6) is 5.75 Å². The highest BCUT2D eigenvalue weighted by molar-refractivity contribution is 7.88. The van der Waals surface area contributed by atoms with Crippen LogP contribution in [-0.4, -0.2) is 39.6 Å². The van der Waals surface area contributed by atoms with E-state index in [1.54, 1.807) is 36.4 Å². The zero-order valence-corrected chi connectivity index (χ0v) is 18.8. The molecule has 2 aromatic rings. The van der Waals surface area contributed by atoms with Crippen molar-refractivity contribution in [3.63, 3.8) is 0 Å². The number of amidine groups is 1. The standard InChI is InChI=1S/C20H26N4O5S.ClH/c1-3-13-4-9-17(29-11-10-23-30(2,27)28)16(12-13)18(20(25)26)24-15-7-5-14(6-8-15)19(21)22;/h4-9,12,18,23-24H,3,10-11H2,1-2H3,(H3,21,22)(H,25,26);1H/p-1. The molecule has 5 N–H and O–H groups in total. The van der Waals surface area contributed by atoms with E-state index in [0.717, 1.165) is 11.8 Å². The Morgan fingerprint density at radius 3 is 2.39 bits per heavy atom. The molecule has 0 saturated carbocycles. The average molecular weight is 470 g/mol. The number of hydrogen-bond acceptors (Lipinski definition) is 7. The van der Waals surface area contributed by atoms with Crippen molar-refractivity contribution in [3.05, 3.63) is 59.2 Å². The molecule has 1 atom stereocenters. The SMILES string of the molecule is CCc1ccc(OCCNS(C)(=O)=O)c(C(Nc2ccc(C(=N)N)cc2)C(=O)[O-])c1.Cl. The molecule has 0 spiro atoms. The lowest BCUT2D eigenvalue weighted by atomic mass is 10.0. The number of halogens is 1. The molecule has 1 unspecified atom stereocenters. The van der Waals surface area contributed by atoms with Crippen LogP contribution in [0.4, 0.5) is 5.69 Å². The van der Waals surface area contributed by atoms with Crippen LogP contribution in [0.1, 0.15) is 29.7 Å². The van der Waals surface area contributed by atoms with Gasteiger partial charge in [-0.15, -0.1) is 12.4 Å². The normalized spacial score (nSPS) is 11.8. The summed E-state index contributed by atoms with van der Waals surface area (Å²) in [5.74, 6) is -1.13. The zero-order valence-electron chi connectivity index (χ0n) is 17.2. The number of carboxylic acid groups (broad SMARTS) is 1. The molecule has 2 rings (SSSR count). The number of anilines is 1. The molecule has 170 valence electrons. The molecule has 0 radical (unpaired) electrons. The smallest absolute Gasteiger partial charge is 0.208 e. The highest BCUT2D eigenvalue weighted by atomic mass is 35.5. The number of nitrogens with two attached hydrogens (primary N) is 1. The van der Waals surface area contributed by atoms with Crippen molar-refractivity contribution in [2.75, 3.05) is 24.7 Å². The maximum atomic E-state index is 11.9. The lowest BCUT2D eigenvalue weighted by Crippen LogP contribution is -2.35. The van der Waals surface area contributed by atoms with Gasteiger partial charge in [0.15, 0.2) is 0 Å². The Morgan fingerprint density at radius 1 is 1.23 bits per heavy atom. The molecule has 2 aromatic carbocycles. The summed E-state index contributed by atoms with van der Waals surface area (Å²) in [6.07, 6.45) is 1.73. The number of ether oxygens (including phenoxy) is 1. The van der Waals surface area contributed by atoms with Crippen LogP contribution in [-0.2, 0) is 21.2 Å². The Kier molecular flexibility index (Phi) is 9.76. The summed E-state index contributed by atoms with van der Waals surface area (Å²) in [5, 5.41) is 22.3. The first kappa shape index (κ1) is 26.2. The number of carbonyl (C=O) groups excluding carboxylic acids is 1. The Hall–Kier alpha value is -2.82. The zero-order chi connectivity index (χ0) is 22.3. The minimum Gasteiger partial charge on any atom is -0.548 e. The molecular weight excluding hydrogens is 444 g/mol. The average Bonchev–Trinajstić information content (AvgIpc) is 2.69. The number of carbonyl (C=O) groups is 1. The number of hydrogen-bond donors (Lipinski definition) is 4. The summed E-state index contributed by atoms with van der Waals surface area (Å²) in [5.41, 5.74) is 7.73. The number of carboxylic acids is 1. The van der Waals surface area contributed by atoms with Crippen LogP contribution >= 0.6 is 12.4 Å². The van der Waals surface area contributed by atoms with Gasteiger partial charge in [-0.2, -0.15) is 0 Å². The van der Waals surface area contributed by atoms with Crippen LogP contribution < -0.4 is 25.6 Å². The van der Waals surface area contributed by atoms with Gasteiger partial charge in [0.25, 0.3) is 0 Å². The lowest BCUT2D eigenvalue weighted by Gasteiger charge is -2.24. The van der Waals surface area contributed by atoms with Gasteiger partial charge in [0.2, 0.25) is 10.0 Å². The number of sulfonamides is 1. The highest BCUT2D eigenvalue weighted by Gasteiger charge is 2.19. The molecule has 0 aliphatic heterocycles. The fourth-order valence-electron chi connectivity index (χ4n) is 2.74. The van der Waals surface area contributed by atoms with Crippen LogP contribution in [0.25, 0.3) is 0 Å². The van der Waals surface area contributed by atoms with E-state index in [2.05, 4.69) is 10.0 Å². The van der Waals surface area contributed by atoms with Gasteiger partial charge < -0.3 is 25.7 Å². The third-order valence-electron chi connectivity index (χ3n) is 4.26. The summed E-state index contributed by atoms with van der Waals surface area (Å²) in [4.78, 5) is 11.9. The molecule has 0 fully saturated rings. The topological polar surface area (TPSA) is 157 Å². The fraction of sp³-hybridized carbons (Fsp3) is 0.300. The minimum atomic E-state index is -3.35. The van der Waals surface area contributed by atoms with Gasteiger partial charge in [-0.25, -0.2) is 13.1 Å². The third-order valence-corrected chi connectivity index (χ3v) is 4.99. The van der Waals surface area contributed by atoms with Crippen molar-refractivity contribution in [1.82, 2.24) is 4.72 Å². The maximum absolute atomic E-state index is 11.9. The summed E-state index contributed by atoms with van der Waals surface area (Å²) >= 11 is 0. The summed E-state index contributed by atoms with van der Waals surface area (Å²) in [6, 6.07) is 10.4. The first-order valence-electron chi connectivity index (χ1n) is 9.23. The molecule has 0 heterocycles. The quantitative estimate of drug-likeness (QED) is 0.215. The highest BCUT2D eigenvalue weighted by Crippen LogP contribution is 2.29. The maximum Gasteiger partial charge on any atom is 0.208 e. The number of rotatable bonds is 11. The van der Waals surface area contributed by atoms with Crippen LogP contribution in [0, 0.1) is 5.41 Å². The number of nitrogens with one attached hydrogen (secondary N) is 3. The van der Waals surface area contributed by atoms with E-state index in [4.69, 9.17) is 15.9 Å². The van der Waals surface area contributed by atoms with Crippen molar-refractivity contribution in [2.24, 2.45) is 5.73 Å². The molecule has 9 nitrogen and oxygen atoms in total. The van der Waals surface area contributed by atoms with Gasteiger partial charge >= 0.3 is 0 Å². The molecular formula is C20H26ClN4O5S-. The fourth-order valence-corrected chi connectivity index (χ4v) is 3.19. The summed E-state index contributed by atoms with van der Waals surface area (Å²) in [6.45, 7) is 2.01. The summed E-state index contributed by atoms with van der Waals surface area (Å²) < 4.78 is 30.3. The molecule has 0 bridgehead atoms. The first-order valence-corrected chi connectivity index (χ1v) is 11.1. The van der Waals surface area contributed by atoms with E-state index in [-0.39, 0.29) is 31.4 Å². The molecule has 31 heavy (non-hydrogen) atoms. The number of nitrogen functional groups attached to an aromatic ring is 1. The second kappa shape index (κ2) is 11.5.